The van der Waals surface area contributed by atoms with E-state index in [9.17, 15) is 8.42 Å². The second kappa shape index (κ2) is 6.57. The number of sulfonamides is 1. The van der Waals surface area contributed by atoms with Gasteiger partial charge < -0.3 is 9.64 Å². The maximum absolute atomic E-state index is 12.0. The van der Waals surface area contributed by atoms with Gasteiger partial charge >= 0.3 is 0 Å². The minimum absolute atomic E-state index is 0.164. The number of nitrogens with zero attached hydrogens (tertiary/aromatic N) is 4. The van der Waals surface area contributed by atoms with E-state index >= 15 is 0 Å². The van der Waals surface area contributed by atoms with Gasteiger partial charge in [-0.15, -0.1) is 0 Å². The monoisotopic (exact) mass is 314 g/mol. The summed E-state index contributed by atoms with van der Waals surface area (Å²) in [5, 5.41) is 0. The second-order valence-electron chi connectivity index (χ2n) is 5.31. The van der Waals surface area contributed by atoms with Crippen LogP contribution < -0.4 is 9.64 Å². The Hall–Kier alpha value is -1.41. The van der Waals surface area contributed by atoms with E-state index in [-0.39, 0.29) is 11.9 Å². The molecule has 1 fully saturated rings. The largest absolute Gasteiger partial charge is 0.472 e. The van der Waals surface area contributed by atoms with Gasteiger partial charge in [-0.2, -0.15) is 9.29 Å². The predicted molar refractivity (Wildman–Crippen MR) is 81.0 cm³/mol. The smallest absolute Gasteiger partial charge is 0.234 e. The SMILES string of the molecule is CCCS(=O)(=O)N1CCC(Oc2cncc(N(C)C)n2)C1. The molecule has 0 saturated carbocycles. The van der Waals surface area contributed by atoms with Gasteiger partial charge in [0.1, 0.15) is 6.10 Å². The topological polar surface area (TPSA) is 75.6 Å². The summed E-state index contributed by atoms with van der Waals surface area (Å²) >= 11 is 0. The fourth-order valence-electron chi connectivity index (χ4n) is 2.21. The van der Waals surface area contributed by atoms with Crippen LogP contribution in [-0.4, -0.2) is 61.7 Å². The van der Waals surface area contributed by atoms with Crippen LogP contribution in [0.2, 0.25) is 0 Å². The molecule has 1 aliphatic heterocycles. The summed E-state index contributed by atoms with van der Waals surface area (Å²) in [6.07, 6.45) is 4.34. The van der Waals surface area contributed by atoms with Gasteiger partial charge in [0.2, 0.25) is 15.9 Å². The molecule has 1 atom stereocenters. The standard InChI is InChI=1S/C13H22N4O3S/c1-4-7-21(18,19)17-6-5-11(10-17)20-13-9-14-8-12(15-13)16(2)3/h8-9,11H,4-7,10H2,1-3H3. The first-order valence-corrected chi connectivity index (χ1v) is 8.67. The molecule has 0 spiro atoms. The number of rotatable bonds is 6. The van der Waals surface area contributed by atoms with Crippen molar-refractivity contribution in [2.45, 2.75) is 25.9 Å². The minimum atomic E-state index is -3.15. The molecule has 2 rings (SSSR count). The summed E-state index contributed by atoms with van der Waals surface area (Å²) in [4.78, 5) is 10.3. The third kappa shape index (κ3) is 4.04. The summed E-state index contributed by atoms with van der Waals surface area (Å²) < 4.78 is 31.3. The predicted octanol–water partition coefficient (Wildman–Crippen LogP) is 0.736. The first-order chi connectivity index (χ1) is 9.92. The Balaban J connectivity index is 1.98. The molecular weight excluding hydrogens is 292 g/mol. The van der Waals surface area contributed by atoms with Crippen LogP contribution in [0.25, 0.3) is 0 Å². The van der Waals surface area contributed by atoms with Crippen molar-refractivity contribution in [3.8, 4) is 5.88 Å². The molecule has 7 nitrogen and oxygen atoms in total. The van der Waals surface area contributed by atoms with Gasteiger partial charge in [0.05, 0.1) is 24.7 Å². The van der Waals surface area contributed by atoms with Crippen molar-refractivity contribution < 1.29 is 13.2 Å². The zero-order valence-electron chi connectivity index (χ0n) is 12.7. The molecule has 1 aromatic rings. The van der Waals surface area contributed by atoms with Crippen LogP contribution in [0, 0.1) is 0 Å². The Morgan fingerprint density at radius 3 is 2.86 bits per heavy atom. The van der Waals surface area contributed by atoms with E-state index < -0.39 is 10.0 Å². The lowest BCUT2D eigenvalue weighted by Gasteiger charge is -2.17. The molecule has 21 heavy (non-hydrogen) atoms. The molecule has 0 radical (unpaired) electrons. The first-order valence-electron chi connectivity index (χ1n) is 7.06. The lowest BCUT2D eigenvalue weighted by atomic mass is 10.3. The van der Waals surface area contributed by atoms with Crippen LogP contribution >= 0.6 is 0 Å². The zero-order chi connectivity index (χ0) is 15.5. The number of hydrogen-bond donors (Lipinski definition) is 0. The maximum atomic E-state index is 12.0. The summed E-state index contributed by atoms with van der Waals surface area (Å²) in [6, 6.07) is 0. The Bertz CT molecular complexity index is 577. The maximum Gasteiger partial charge on any atom is 0.234 e. The third-order valence-corrected chi connectivity index (χ3v) is 5.35. The summed E-state index contributed by atoms with van der Waals surface area (Å²) in [6.45, 7) is 2.76. The first kappa shape index (κ1) is 16.0. The molecule has 8 heteroatoms. The fourth-order valence-corrected chi connectivity index (χ4v) is 3.77. The zero-order valence-corrected chi connectivity index (χ0v) is 13.5. The van der Waals surface area contributed by atoms with Crippen molar-refractivity contribution in [3.63, 3.8) is 0 Å². The molecule has 0 aromatic carbocycles. The Labute approximate surface area is 126 Å². The number of anilines is 1. The summed E-state index contributed by atoms with van der Waals surface area (Å²) in [5.74, 6) is 1.33. The Morgan fingerprint density at radius 1 is 1.43 bits per heavy atom. The normalized spacial score (nSPS) is 19.7. The van der Waals surface area contributed by atoms with Crippen LogP contribution in [0.1, 0.15) is 19.8 Å². The molecule has 118 valence electrons. The molecule has 2 heterocycles. The molecule has 0 aliphatic carbocycles. The summed E-state index contributed by atoms with van der Waals surface area (Å²) in [7, 11) is 0.607. The minimum Gasteiger partial charge on any atom is -0.472 e. The highest BCUT2D eigenvalue weighted by Gasteiger charge is 2.32. The third-order valence-electron chi connectivity index (χ3n) is 3.31. The van der Waals surface area contributed by atoms with Crippen LogP contribution in [0.5, 0.6) is 5.88 Å². The van der Waals surface area contributed by atoms with Crippen LogP contribution in [0.4, 0.5) is 5.82 Å². The average Bonchev–Trinajstić information content (AvgIpc) is 2.88. The van der Waals surface area contributed by atoms with Gasteiger partial charge in [-0.25, -0.2) is 8.42 Å². The molecule has 1 aliphatic rings. The van der Waals surface area contributed by atoms with Gasteiger partial charge in [-0.1, -0.05) is 6.92 Å². The molecule has 1 saturated heterocycles. The molecule has 1 unspecified atom stereocenters. The molecule has 0 N–H and O–H groups in total. The van der Waals surface area contributed by atoms with Crippen LogP contribution in [0.3, 0.4) is 0 Å². The van der Waals surface area contributed by atoms with E-state index in [1.807, 2.05) is 25.9 Å². The quantitative estimate of drug-likeness (QED) is 0.771. The van der Waals surface area contributed by atoms with Crippen LogP contribution in [-0.2, 0) is 10.0 Å². The Morgan fingerprint density at radius 2 is 2.19 bits per heavy atom. The lowest BCUT2D eigenvalue weighted by Crippen LogP contribution is -2.32. The number of aromatic nitrogens is 2. The van der Waals surface area contributed by atoms with Crippen molar-refractivity contribution >= 4 is 15.8 Å². The summed E-state index contributed by atoms with van der Waals surface area (Å²) in [5.41, 5.74) is 0. The average molecular weight is 314 g/mol. The molecule has 0 amide bonds. The van der Waals surface area contributed by atoms with Crippen molar-refractivity contribution in [2.75, 3.05) is 37.8 Å². The van der Waals surface area contributed by atoms with Gasteiger partial charge in [0, 0.05) is 20.6 Å². The van der Waals surface area contributed by atoms with Gasteiger partial charge in [-0.05, 0) is 12.8 Å². The number of ether oxygens (including phenoxy) is 1. The van der Waals surface area contributed by atoms with Crippen molar-refractivity contribution in [3.05, 3.63) is 12.4 Å². The number of hydrogen-bond acceptors (Lipinski definition) is 6. The highest BCUT2D eigenvalue weighted by Crippen LogP contribution is 2.20. The highest BCUT2D eigenvalue weighted by molar-refractivity contribution is 7.89. The van der Waals surface area contributed by atoms with E-state index in [0.717, 1.165) is 0 Å². The van der Waals surface area contributed by atoms with Gasteiger partial charge in [0.25, 0.3) is 0 Å². The van der Waals surface area contributed by atoms with Crippen molar-refractivity contribution in [2.24, 2.45) is 0 Å². The highest BCUT2D eigenvalue weighted by atomic mass is 32.2. The second-order valence-corrected chi connectivity index (χ2v) is 7.40. The van der Waals surface area contributed by atoms with Crippen LogP contribution in [0.15, 0.2) is 12.4 Å². The molecular formula is C13H22N4O3S. The Kier molecular flexibility index (Phi) is 5.00. The van der Waals surface area contributed by atoms with E-state index in [2.05, 4.69) is 9.97 Å². The van der Waals surface area contributed by atoms with E-state index in [0.29, 0.717) is 37.6 Å². The van der Waals surface area contributed by atoms with Crippen molar-refractivity contribution in [1.29, 1.82) is 0 Å². The fraction of sp³-hybridized carbons (Fsp3) is 0.692. The van der Waals surface area contributed by atoms with Crippen molar-refractivity contribution in [1.82, 2.24) is 14.3 Å². The molecule has 1 aromatic heterocycles. The van der Waals surface area contributed by atoms with Gasteiger partial charge in [-0.3, -0.25) is 4.98 Å². The van der Waals surface area contributed by atoms with E-state index in [1.165, 1.54) is 4.31 Å². The molecule has 0 bridgehead atoms. The van der Waals surface area contributed by atoms with E-state index in [1.54, 1.807) is 12.4 Å². The van der Waals surface area contributed by atoms with Gasteiger partial charge in [0.15, 0.2) is 5.82 Å². The van der Waals surface area contributed by atoms with E-state index in [4.69, 9.17) is 4.74 Å². The lowest BCUT2D eigenvalue weighted by molar-refractivity contribution is 0.206.